The van der Waals surface area contributed by atoms with E-state index in [0.717, 1.165) is 13.0 Å². The molecule has 0 aliphatic rings. The van der Waals surface area contributed by atoms with Crippen molar-refractivity contribution in [1.29, 1.82) is 0 Å². The highest BCUT2D eigenvalue weighted by atomic mass is 32.1. The minimum atomic E-state index is 0.159. The summed E-state index contributed by atoms with van der Waals surface area (Å²) < 4.78 is 0. The third-order valence-corrected chi connectivity index (χ3v) is 5.07. The summed E-state index contributed by atoms with van der Waals surface area (Å²) in [5.41, 5.74) is 0.159. The molecule has 0 fully saturated rings. The standard InChI is InChI=1S/C15H28N2S/c1-7-11-16-14(13-10-9-12(3)18-13)15(4,8-2)17(5)6/h9-10,14,16H,7-8,11H2,1-6H3. The van der Waals surface area contributed by atoms with Crippen LogP contribution < -0.4 is 5.32 Å². The fraction of sp³-hybridized carbons (Fsp3) is 0.733. The van der Waals surface area contributed by atoms with E-state index in [9.17, 15) is 0 Å². The van der Waals surface area contributed by atoms with Gasteiger partial charge in [-0.2, -0.15) is 0 Å². The number of hydrogen-bond donors (Lipinski definition) is 1. The van der Waals surface area contributed by atoms with Crippen molar-refractivity contribution in [2.45, 2.75) is 52.1 Å². The van der Waals surface area contributed by atoms with Crippen molar-refractivity contribution in [3.8, 4) is 0 Å². The van der Waals surface area contributed by atoms with Crippen molar-refractivity contribution >= 4 is 11.3 Å². The Morgan fingerprint density at radius 2 is 2.00 bits per heavy atom. The van der Waals surface area contributed by atoms with Gasteiger partial charge in [0.25, 0.3) is 0 Å². The predicted octanol–water partition coefficient (Wildman–Crippen LogP) is 3.83. The fourth-order valence-electron chi connectivity index (χ4n) is 2.30. The van der Waals surface area contributed by atoms with E-state index in [4.69, 9.17) is 0 Å². The van der Waals surface area contributed by atoms with Crippen LogP contribution in [-0.4, -0.2) is 31.1 Å². The van der Waals surface area contributed by atoms with E-state index in [0.29, 0.717) is 6.04 Å². The molecule has 2 atom stereocenters. The molecule has 0 bridgehead atoms. The number of rotatable bonds is 7. The number of nitrogens with zero attached hydrogens (tertiary/aromatic N) is 1. The maximum atomic E-state index is 3.74. The van der Waals surface area contributed by atoms with Crippen LogP contribution in [0.5, 0.6) is 0 Å². The molecule has 1 aromatic heterocycles. The first kappa shape index (κ1) is 15.7. The number of hydrogen-bond acceptors (Lipinski definition) is 3. The van der Waals surface area contributed by atoms with E-state index in [1.54, 1.807) is 0 Å². The molecule has 0 aliphatic heterocycles. The third kappa shape index (κ3) is 3.34. The molecule has 2 nitrogen and oxygen atoms in total. The van der Waals surface area contributed by atoms with Crippen LogP contribution in [0.25, 0.3) is 0 Å². The Balaban J connectivity index is 3.03. The van der Waals surface area contributed by atoms with Gasteiger partial charge in [-0.1, -0.05) is 13.8 Å². The van der Waals surface area contributed by atoms with Crippen molar-refractivity contribution in [2.75, 3.05) is 20.6 Å². The monoisotopic (exact) mass is 268 g/mol. The van der Waals surface area contributed by atoms with Crippen molar-refractivity contribution in [3.05, 3.63) is 21.9 Å². The second-order valence-electron chi connectivity index (χ2n) is 5.44. The van der Waals surface area contributed by atoms with Gasteiger partial charge in [0.1, 0.15) is 0 Å². The van der Waals surface area contributed by atoms with Gasteiger partial charge in [-0.3, -0.25) is 0 Å². The van der Waals surface area contributed by atoms with E-state index in [1.165, 1.54) is 16.2 Å². The van der Waals surface area contributed by atoms with Crippen LogP contribution in [0.3, 0.4) is 0 Å². The number of likely N-dealkylation sites (N-methyl/N-ethyl adjacent to an activating group) is 1. The fourth-order valence-corrected chi connectivity index (χ4v) is 3.40. The first-order chi connectivity index (χ1) is 8.45. The lowest BCUT2D eigenvalue weighted by Crippen LogP contribution is -2.51. The lowest BCUT2D eigenvalue weighted by molar-refractivity contribution is 0.114. The summed E-state index contributed by atoms with van der Waals surface area (Å²) in [7, 11) is 4.37. The van der Waals surface area contributed by atoms with Gasteiger partial charge in [-0.05, 0) is 59.5 Å². The highest BCUT2D eigenvalue weighted by Crippen LogP contribution is 2.36. The van der Waals surface area contributed by atoms with Gasteiger partial charge < -0.3 is 10.2 Å². The summed E-state index contributed by atoms with van der Waals surface area (Å²) in [6.07, 6.45) is 2.31. The largest absolute Gasteiger partial charge is 0.308 e. The molecule has 0 saturated carbocycles. The maximum absolute atomic E-state index is 3.74. The summed E-state index contributed by atoms with van der Waals surface area (Å²) in [5.74, 6) is 0. The van der Waals surface area contributed by atoms with E-state index in [2.05, 4.69) is 64.1 Å². The predicted molar refractivity (Wildman–Crippen MR) is 82.5 cm³/mol. The van der Waals surface area contributed by atoms with Crippen molar-refractivity contribution < 1.29 is 0 Å². The van der Waals surface area contributed by atoms with E-state index < -0.39 is 0 Å². The quantitative estimate of drug-likeness (QED) is 0.808. The van der Waals surface area contributed by atoms with Gasteiger partial charge in [-0.25, -0.2) is 0 Å². The van der Waals surface area contributed by atoms with E-state index >= 15 is 0 Å². The average Bonchev–Trinajstić information content (AvgIpc) is 2.75. The Kier molecular flexibility index (Phi) is 5.83. The first-order valence-electron chi connectivity index (χ1n) is 6.92. The van der Waals surface area contributed by atoms with Gasteiger partial charge >= 0.3 is 0 Å². The molecule has 104 valence electrons. The lowest BCUT2D eigenvalue weighted by Gasteiger charge is -2.43. The molecule has 0 spiro atoms. The molecule has 0 amide bonds. The average molecular weight is 268 g/mol. The van der Waals surface area contributed by atoms with Crippen LogP contribution in [0.1, 0.15) is 49.4 Å². The highest BCUT2D eigenvalue weighted by molar-refractivity contribution is 7.12. The second kappa shape index (κ2) is 6.69. The van der Waals surface area contributed by atoms with Gasteiger partial charge in [0.15, 0.2) is 0 Å². The minimum Gasteiger partial charge on any atom is -0.308 e. The maximum Gasteiger partial charge on any atom is 0.0598 e. The summed E-state index contributed by atoms with van der Waals surface area (Å²) in [5, 5.41) is 3.74. The number of thiophene rings is 1. The van der Waals surface area contributed by atoms with Crippen LogP contribution in [0, 0.1) is 6.92 Å². The Morgan fingerprint density at radius 3 is 2.39 bits per heavy atom. The molecule has 18 heavy (non-hydrogen) atoms. The zero-order chi connectivity index (χ0) is 13.8. The molecule has 0 aliphatic carbocycles. The SMILES string of the molecule is CCCNC(c1ccc(C)s1)C(C)(CC)N(C)C. The van der Waals surface area contributed by atoms with Gasteiger partial charge in [0, 0.05) is 15.3 Å². The van der Waals surface area contributed by atoms with E-state index in [-0.39, 0.29) is 5.54 Å². The van der Waals surface area contributed by atoms with Crippen molar-refractivity contribution in [3.63, 3.8) is 0 Å². The van der Waals surface area contributed by atoms with Gasteiger partial charge in [-0.15, -0.1) is 11.3 Å². The normalized spacial score (nSPS) is 16.8. The number of aryl methyl sites for hydroxylation is 1. The summed E-state index contributed by atoms with van der Waals surface area (Å²) in [4.78, 5) is 5.21. The summed E-state index contributed by atoms with van der Waals surface area (Å²) >= 11 is 1.92. The zero-order valence-corrected chi connectivity index (χ0v) is 13.5. The highest BCUT2D eigenvalue weighted by Gasteiger charge is 2.36. The van der Waals surface area contributed by atoms with Crippen LogP contribution >= 0.6 is 11.3 Å². The molecule has 3 heteroatoms. The van der Waals surface area contributed by atoms with Gasteiger partial charge in [0.2, 0.25) is 0 Å². The molecule has 1 heterocycles. The van der Waals surface area contributed by atoms with Crippen LogP contribution in [0.2, 0.25) is 0 Å². The van der Waals surface area contributed by atoms with Crippen molar-refractivity contribution in [1.82, 2.24) is 10.2 Å². The zero-order valence-electron chi connectivity index (χ0n) is 12.7. The molecular formula is C15H28N2S. The smallest absolute Gasteiger partial charge is 0.0598 e. The van der Waals surface area contributed by atoms with E-state index in [1.807, 2.05) is 11.3 Å². The topological polar surface area (TPSA) is 15.3 Å². The first-order valence-corrected chi connectivity index (χ1v) is 7.74. The summed E-state index contributed by atoms with van der Waals surface area (Å²) in [6, 6.07) is 4.92. The van der Waals surface area contributed by atoms with Crippen LogP contribution in [0.4, 0.5) is 0 Å². The molecule has 0 aromatic carbocycles. The molecule has 1 N–H and O–H groups in total. The Bertz CT molecular complexity index is 359. The Labute approximate surface area is 116 Å². The number of nitrogens with one attached hydrogen (secondary N) is 1. The Hall–Kier alpha value is -0.380. The molecular weight excluding hydrogens is 240 g/mol. The molecule has 0 radical (unpaired) electrons. The van der Waals surface area contributed by atoms with Gasteiger partial charge in [0.05, 0.1) is 6.04 Å². The van der Waals surface area contributed by atoms with Crippen molar-refractivity contribution in [2.24, 2.45) is 0 Å². The third-order valence-electron chi connectivity index (χ3n) is 4.00. The minimum absolute atomic E-state index is 0.159. The molecule has 2 unspecified atom stereocenters. The lowest BCUT2D eigenvalue weighted by atomic mass is 9.86. The molecule has 1 aromatic rings. The second-order valence-corrected chi connectivity index (χ2v) is 6.76. The van der Waals surface area contributed by atoms with Crippen LogP contribution in [0.15, 0.2) is 12.1 Å². The van der Waals surface area contributed by atoms with Crippen LogP contribution in [-0.2, 0) is 0 Å². The molecule has 0 saturated heterocycles. The molecule has 1 rings (SSSR count). The Morgan fingerprint density at radius 1 is 1.33 bits per heavy atom. The summed E-state index contributed by atoms with van der Waals surface area (Å²) in [6.45, 7) is 10.1.